The molecule has 7 heteroatoms. The zero-order chi connectivity index (χ0) is 15.5. The van der Waals surface area contributed by atoms with Gasteiger partial charge in [0.2, 0.25) is 0 Å². The number of benzene rings is 1. The number of hydrogen-bond acceptors (Lipinski definition) is 5. The van der Waals surface area contributed by atoms with E-state index in [-0.39, 0.29) is 32.7 Å². The Morgan fingerprint density at radius 1 is 1.48 bits per heavy atom. The molecule has 0 unspecified atom stereocenters. The van der Waals surface area contributed by atoms with Crippen LogP contribution in [0.4, 0.5) is 20.2 Å². The van der Waals surface area contributed by atoms with E-state index < -0.39 is 11.9 Å². The molecular weight excluding hydrogens is 282 g/mol. The van der Waals surface area contributed by atoms with E-state index >= 15 is 0 Å². The van der Waals surface area contributed by atoms with Crippen molar-refractivity contribution in [2.45, 2.75) is 19.3 Å². The predicted octanol–water partition coefficient (Wildman–Crippen LogP) is 2.06. The van der Waals surface area contributed by atoms with E-state index in [0.717, 1.165) is 0 Å². The molecule has 1 heterocycles. The maximum absolute atomic E-state index is 13.2. The van der Waals surface area contributed by atoms with Crippen LogP contribution < -0.4 is 15.4 Å². The van der Waals surface area contributed by atoms with Crippen LogP contribution in [0.1, 0.15) is 13.3 Å². The van der Waals surface area contributed by atoms with Gasteiger partial charge in [-0.1, -0.05) is 0 Å². The van der Waals surface area contributed by atoms with Crippen molar-refractivity contribution in [3.8, 4) is 5.75 Å². The Morgan fingerprint density at radius 3 is 2.81 bits per heavy atom. The van der Waals surface area contributed by atoms with Crippen LogP contribution in [0.15, 0.2) is 18.2 Å². The summed E-state index contributed by atoms with van der Waals surface area (Å²) in [6.45, 7) is 1.71. The lowest BCUT2D eigenvalue weighted by molar-refractivity contribution is -0.145. The fourth-order valence-corrected chi connectivity index (χ4v) is 2.20. The van der Waals surface area contributed by atoms with Gasteiger partial charge in [0, 0.05) is 19.0 Å². The van der Waals surface area contributed by atoms with Crippen molar-refractivity contribution < 1.29 is 23.0 Å². The molecule has 116 valence electrons. The minimum atomic E-state index is -2.68. The molecule has 0 aromatic heterocycles. The largest absolute Gasteiger partial charge is 0.482 e. The molecule has 0 radical (unpaired) electrons. The van der Waals surface area contributed by atoms with E-state index in [1.807, 2.05) is 0 Å². The van der Waals surface area contributed by atoms with E-state index in [2.05, 4.69) is 0 Å². The summed E-state index contributed by atoms with van der Waals surface area (Å²) in [5.41, 5.74) is 6.77. The second-order valence-corrected chi connectivity index (χ2v) is 4.84. The second kappa shape index (κ2) is 6.15. The van der Waals surface area contributed by atoms with Crippen LogP contribution in [-0.2, 0) is 9.53 Å². The Labute approximate surface area is 121 Å². The van der Waals surface area contributed by atoms with Gasteiger partial charge in [0.1, 0.15) is 5.75 Å². The van der Waals surface area contributed by atoms with E-state index in [1.54, 1.807) is 24.0 Å². The molecule has 1 aromatic carbocycles. The second-order valence-electron chi connectivity index (χ2n) is 4.84. The molecule has 1 aliphatic heterocycles. The lowest BCUT2D eigenvalue weighted by atomic mass is 10.2. The maximum Gasteiger partial charge on any atom is 0.344 e. The molecule has 0 spiro atoms. The van der Waals surface area contributed by atoms with Gasteiger partial charge in [-0.05, 0) is 19.1 Å². The highest BCUT2D eigenvalue weighted by Gasteiger charge is 2.38. The van der Waals surface area contributed by atoms with Crippen molar-refractivity contribution in [3.05, 3.63) is 18.2 Å². The first kappa shape index (κ1) is 15.3. The smallest absolute Gasteiger partial charge is 0.344 e. The third-order valence-corrected chi connectivity index (χ3v) is 3.17. The topological polar surface area (TPSA) is 64.8 Å². The number of hydrogen-bond donors (Lipinski definition) is 1. The number of nitrogens with two attached hydrogens (primary N) is 1. The molecule has 0 atom stereocenters. The van der Waals surface area contributed by atoms with Crippen molar-refractivity contribution in [2.24, 2.45) is 0 Å². The number of anilines is 2. The standard InChI is InChI=1S/C14H18F2N2O3/c1-2-20-13(19)8-21-10-3-4-12(11(17)7-10)18-6-5-14(15,16)9-18/h3-4,7H,2,5-6,8-9,17H2,1H3. The van der Waals surface area contributed by atoms with Gasteiger partial charge in [-0.15, -0.1) is 0 Å². The molecule has 1 aromatic rings. The molecule has 1 aliphatic rings. The van der Waals surface area contributed by atoms with Crippen molar-refractivity contribution >= 4 is 17.3 Å². The summed E-state index contributed by atoms with van der Waals surface area (Å²) in [5.74, 6) is -2.75. The lowest BCUT2D eigenvalue weighted by Gasteiger charge is -2.20. The molecule has 5 nitrogen and oxygen atoms in total. The first-order valence-corrected chi connectivity index (χ1v) is 6.72. The number of carbonyl (C=O) groups is 1. The van der Waals surface area contributed by atoms with Crippen LogP contribution in [0.5, 0.6) is 5.75 Å². The summed E-state index contributed by atoms with van der Waals surface area (Å²) >= 11 is 0. The Balaban J connectivity index is 1.99. The number of nitrogens with zero attached hydrogens (tertiary/aromatic N) is 1. The molecule has 0 amide bonds. The Kier molecular flexibility index (Phi) is 4.50. The van der Waals surface area contributed by atoms with Gasteiger partial charge in [-0.3, -0.25) is 0 Å². The number of esters is 1. The van der Waals surface area contributed by atoms with Crippen LogP contribution in [0, 0.1) is 0 Å². The summed E-state index contributed by atoms with van der Waals surface area (Å²) in [4.78, 5) is 12.7. The Morgan fingerprint density at radius 2 is 2.24 bits per heavy atom. The molecule has 0 bridgehead atoms. The molecular formula is C14H18F2N2O3. The maximum atomic E-state index is 13.2. The average molecular weight is 300 g/mol. The fraction of sp³-hybridized carbons (Fsp3) is 0.500. The SMILES string of the molecule is CCOC(=O)COc1ccc(N2CCC(F)(F)C2)c(N)c1. The fourth-order valence-electron chi connectivity index (χ4n) is 2.20. The van der Waals surface area contributed by atoms with Crippen LogP contribution in [0.25, 0.3) is 0 Å². The minimum Gasteiger partial charge on any atom is -0.482 e. The van der Waals surface area contributed by atoms with Gasteiger partial charge in [0.25, 0.3) is 5.92 Å². The van der Waals surface area contributed by atoms with Gasteiger partial charge in [-0.25, -0.2) is 13.6 Å². The van der Waals surface area contributed by atoms with Gasteiger partial charge in [0.05, 0.1) is 24.5 Å². The first-order valence-electron chi connectivity index (χ1n) is 6.72. The van der Waals surface area contributed by atoms with Crippen LogP contribution in [-0.4, -0.2) is 38.2 Å². The molecule has 0 saturated carbocycles. The molecule has 21 heavy (non-hydrogen) atoms. The number of ether oxygens (including phenoxy) is 2. The van der Waals surface area contributed by atoms with Crippen LogP contribution in [0.2, 0.25) is 0 Å². The highest BCUT2D eigenvalue weighted by atomic mass is 19.3. The molecule has 2 rings (SSSR count). The van der Waals surface area contributed by atoms with E-state index in [1.165, 1.54) is 6.07 Å². The number of carbonyl (C=O) groups excluding carboxylic acids is 1. The van der Waals surface area contributed by atoms with Crippen molar-refractivity contribution in [1.82, 2.24) is 0 Å². The summed E-state index contributed by atoms with van der Waals surface area (Å²) < 4.78 is 36.4. The third kappa shape index (κ3) is 3.96. The molecule has 1 fully saturated rings. The van der Waals surface area contributed by atoms with Crippen molar-refractivity contribution in [3.63, 3.8) is 0 Å². The van der Waals surface area contributed by atoms with Crippen molar-refractivity contribution in [2.75, 3.05) is 36.9 Å². The molecule has 1 saturated heterocycles. The number of rotatable bonds is 5. The van der Waals surface area contributed by atoms with Gasteiger partial charge >= 0.3 is 5.97 Å². The zero-order valence-corrected chi connectivity index (χ0v) is 11.8. The van der Waals surface area contributed by atoms with Crippen molar-refractivity contribution in [1.29, 1.82) is 0 Å². The van der Waals surface area contributed by atoms with Gasteiger partial charge < -0.3 is 20.1 Å². The molecule has 2 N–H and O–H groups in total. The van der Waals surface area contributed by atoms with Crippen LogP contribution in [0.3, 0.4) is 0 Å². The Bertz CT molecular complexity index is 523. The van der Waals surface area contributed by atoms with Crippen LogP contribution >= 0.6 is 0 Å². The number of nitrogen functional groups attached to an aromatic ring is 1. The zero-order valence-electron chi connectivity index (χ0n) is 11.8. The highest BCUT2D eigenvalue weighted by Crippen LogP contribution is 2.35. The highest BCUT2D eigenvalue weighted by molar-refractivity contribution is 5.72. The van der Waals surface area contributed by atoms with Gasteiger partial charge in [0.15, 0.2) is 6.61 Å². The average Bonchev–Trinajstić information content (AvgIpc) is 2.77. The number of halogens is 2. The quantitative estimate of drug-likeness (QED) is 0.666. The number of alkyl halides is 2. The van der Waals surface area contributed by atoms with Gasteiger partial charge in [-0.2, -0.15) is 0 Å². The van der Waals surface area contributed by atoms with E-state index in [9.17, 15) is 13.6 Å². The minimum absolute atomic E-state index is 0.173. The summed E-state index contributed by atoms with van der Waals surface area (Å²) in [7, 11) is 0. The first-order chi connectivity index (χ1) is 9.91. The monoisotopic (exact) mass is 300 g/mol. The summed E-state index contributed by atoms with van der Waals surface area (Å²) in [6, 6.07) is 4.74. The third-order valence-electron chi connectivity index (χ3n) is 3.17. The van der Waals surface area contributed by atoms with E-state index in [0.29, 0.717) is 17.1 Å². The summed E-state index contributed by atoms with van der Waals surface area (Å²) in [6.07, 6.45) is -0.173. The van der Waals surface area contributed by atoms with E-state index in [4.69, 9.17) is 15.2 Å². The predicted molar refractivity (Wildman–Crippen MR) is 74.8 cm³/mol. The Hall–Kier alpha value is -2.05. The normalized spacial score (nSPS) is 16.8. The molecule has 0 aliphatic carbocycles. The summed E-state index contributed by atoms with van der Waals surface area (Å²) in [5, 5.41) is 0. The lowest BCUT2D eigenvalue weighted by Crippen LogP contribution is -2.25.